The number of aliphatic hydroxyl groups is 2. The van der Waals surface area contributed by atoms with Crippen LogP contribution in [0.1, 0.15) is 84.0 Å². The molecule has 0 spiro atoms. The van der Waals surface area contributed by atoms with Gasteiger partial charge >= 0.3 is 11.9 Å². The van der Waals surface area contributed by atoms with Gasteiger partial charge in [0.25, 0.3) is 0 Å². The summed E-state index contributed by atoms with van der Waals surface area (Å²) in [5, 5.41) is 19.2. The van der Waals surface area contributed by atoms with Crippen molar-refractivity contribution in [2.75, 3.05) is 26.4 Å². The van der Waals surface area contributed by atoms with Crippen LogP contribution in [0.4, 0.5) is 0 Å². The molecule has 0 saturated carbocycles. The van der Waals surface area contributed by atoms with Crippen LogP contribution in [0, 0.1) is 5.41 Å². The molecule has 0 amide bonds. The number of aldehydes is 1. The molecule has 164 valence electrons. The van der Waals surface area contributed by atoms with Crippen LogP contribution in [0.2, 0.25) is 0 Å². The van der Waals surface area contributed by atoms with Crippen LogP contribution < -0.4 is 0 Å². The SMILES string of the molecule is CCCCCCCC(=O)OCC(CO)(CO)COC(=O)CCCCCCC=O. The Kier molecular flexibility index (Phi) is 16.7. The molecule has 0 aromatic rings. The number of rotatable bonds is 19. The number of aliphatic hydroxyl groups excluding tert-OH is 2. The smallest absolute Gasteiger partial charge is 0.305 e. The highest BCUT2D eigenvalue weighted by atomic mass is 16.5. The lowest BCUT2D eigenvalue weighted by Gasteiger charge is -2.28. The maximum absolute atomic E-state index is 11.8. The monoisotopic (exact) mass is 402 g/mol. The molecule has 0 aliphatic heterocycles. The zero-order valence-corrected chi connectivity index (χ0v) is 17.3. The maximum Gasteiger partial charge on any atom is 0.305 e. The van der Waals surface area contributed by atoms with Crippen molar-refractivity contribution < 1.29 is 34.1 Å². The average molecular weight is 403 g/mol. The summed E-state index contributed by atoms with van der Waals surface area (Å²) in [6.45, 7) is 0.833. The normalized spacial score (nSPS) is 11.2. The molecule has 7 heteroatoms. The van der Waals surface area contributed by atoms with Crippen molar-refractivity contribution >= 4 is 18.2 Å². The van der Waals surface area contributed by atoms with E-state index < -0.39 is 24.6 Å². The van der Waals surface area contributed by atoms with E-state index in [1.165, 1.54) is 0 Å². The predicted octanol–water partition coefficient (Wildman–Crippen LogP) is 2.94. The first kappa shape index (κ1) is 26.5. The lowest BCUT2D eigenvalue weighted by atomic mass is 9.92. The van der Waals surface area contributed by atoms with Gasteiger partial charge in [0.1, 0.15) is 19.5 Å². The third-order valence-corrected chi connectivity index (χ3v) is 4.69. The number of carbonyl (C=O) groups excluding carboxylic acids is 3. The summed E-state index contributed by atoms with van der Waals surface area (Å²) in [5.41, 5.74) is -1.18. The van der Waals surface area contributed by atoms with Gasteiger partial charge in [0, 0.05) is 19.3 Å². The van der Waals surface area contributed by atoms with E-state index in [4.69, 9.17) is 9.47 Å². The Bertz CT molecular complexity index is 419. The van der Waals surface area contributed by atoms with Gasteiger partial charge < -0.3 is 24.5 Å². The first-order chi connectivity index (χ1) is 13.5. The second-order valence-electron chi connectivity index (χ2n) is 7.42. The number of hydrogen-bond donors (Lipinski definition) is 2. The highest BCUT2D eigenvalue weighted by molar-refractivity contribution is 5.69. The lowest BCUT2D eigenvalue weighted by molar-refractivity contribution is -0.159. The highest BCUT2D eigenvalue weighted by Gasteiger charge is 2.32. The third-order valence-electron chi connectivity index (χ3n) is 4.69. The van der Waals surface area contributed by atoms with Crippen LogP contribution >= 0.6 is 0 Å². The number of unbranched alkanes of at least 4 members (excludes halogenated alkanes) is 8. The van der Waals surface area contributed by atoms with Crippen LogP contribution in [0.3, 0.4) is 0 Å². The van der Waals surface area contributed by atoms with E-state index >= 15 is 0 Å². The highest BCUT2D eigenvalue weighted by Crippen LogP contribution is 2.19. The van der Waals surface area contributed by atoms with E-state index in [-0.39, 0.29) is 25.6 Å². The summed E-state index contributed by atoms with van der Waals surface area (Å²) in [5.74, 6) is -0.784. The minimum absolute atomic E-state index is 0.188. The number of hydrogen-bond acceptors (Lipinski definition) is 7. The van der Waals surface area contributed by atoms with E-state index in [1.54, 1.807) is 0 Å². The van der Waals surface area contributed by atoms with Gasteiger partial charge in [-0.05, 0) is 19.3 Å². The Hall–Kier alpha value is -1.47. The van der Waals surface area contributed by atoms with Crippen molar-refractivity contribution in [3.05, 3.63) is 0 Å². The molecule has 7 nitrogen and oxygen atoms in total. The van der Waals surface area contributed by atoms with Crippen LogP contribution in [0.25, 0.3) is 0 Å². The van der Waals surface area contributed by atoms with Gasteiger partial charge in [0.05, 0.1) is 18.6 Å². The minimum Gasteiger partial charge on any atom is -0.465 e. The zero-order valence-electron chi connectivity index (χ0n) is 17.3. The molecule has 2 N–H and O–H groups in total. The number of carbonyl (C=O) groups is 3. The summed E-state index contributed by atoms with van der Waals surface area (Å²) in [4.78, 5) is 33.9. The fourth-order valence-corrected chi connectivity index (χ4v) is 2.61. The van der Waals surface area contributed by atoms with Crippen molar-refractivity contribution in [3.8, 4) is 0 Å². The van der Waals surface area contributed by atoms with Crippen LogP contribution in [-0.2, 0) is 23.9 Å². The van der Waals surface area contributed by atoms with Crippen LogP contribution in [0.5, 0.6) is 0 Å². The van der Waals surface area contributed by atoms with Gasteiger partial charge in [-0.3, -0.25) is 9.59 Å². The van der Waals surface area contributed by atoms with Crippen molar-refractivity contribution in [2.24, 2.45) is 5.41 Å². The Balaban J connectivity index is 4.09. The largest absolute Gasteiger partial charge is 0.465 e. The van der Waals surface area contributed by atoms with Gasteiger partial charge in [-0.2, -0.15) is 0 Å². The molecule has 0 radical (unpaired) electrons. The quantitative estimate of drug-likeness (QED) is 0.194. The molecular weight excluding hydrogens is 364 g/mol. The molecule has 0 saturated heterocycles. The minimum atomic E-state index is -1.18. The first-order valence-electron chi connectivity index (χ1n) is 10.5. The fraction of sp³-hybridized carbons (Fsp3) is 0.857. The van der Waals surface area contributed by atoms with Crippen LogP contribution in [0.15, 0.2) is 0 Å². The molecule has 0 aromatic heterocycles. The molecule has 0 bridgehead atoms. The maximum atomic E-state index is 11.8. The van der Waals surface area contributed by atoms with Crippen molar-refractivity contribution in [3.63, 3.8) is 0 Å². The van der Waals surface area contributed by atoms with E-state index in [0.717, 1.165) is 57.7 Å². The molecule has 0 aliphatic rings. The van der Waals surface area contributed by atoms with E-state index in [9.17, 15) is 24.6 Å². The standard InChI is InChI=1S/C21H38O7/c1-2-3-4-6-9-12-19(25)27-17-21(15-23,16-24)18-28-20(26)13-10-7-5-8-11-14-22/h14,23-24H,2-13,15-18H2,1H3. The summed E-state index contributed by atoms with van der Waals surface area (Å²) in [7, 11) is 0. The van der Waals surface area contributed by atoms with Gasteiger partial charge in [-0.25, -0.2) is 0 Å². The molecule has 0 rings (SSSR count). The predicted molar refractivity (Wildman–Crippen MR) is 106 cm³/mol. The van der Waals surface area contributed by atoms with Gasteiger partial charge in [0.2, 0.25) is 0 Å². The topological polar surface area (TPSA) is 110 Å². The molecule has 0 fully saturated rings. The van der Waals surface area contributed by atoms with Gasteiger partial charge in [-0.1, -0.05) is 45.4 Å². The second kappa shape index (κ2) is 17.6. The molecule has 0 unspecified atom stereocenters. The number of ether oxygens (including phenoxy) is 2. The summed E-state index contributed by atoms with van der Waals surface area (Å²) in [6, 6.07) is 0. The molecule has 0 heterocycles. The fourth-order valence-electron chi connectivity index (χ4n) is 2.61. The Labute approximate surface area is 168 Å². The zero-order chi connectivity index (χ0) is 21.1. The van der Waals surface area contributed by atoms with Gasteiger partial charge in [0.15, 0.2) is 0 Å². The number of esters is 2. The van der Waals surface area contributed by atoms with Crippen molar-refractivity contribution in [1.82, 2.24) is 0 Å². The molecule has 0 aliphatic carbocycles. The van der Waals surface area contributed by atoms with Crippen molar-refractivity contribution in [2.45, 2.75) is 84.0 Å². The third kappa shape index (κ3) is 13.7. The molecular formula is C21H38O7. The van der Waals surface area contributed by atoms with Gasteiger partial charge in [-0.15, -0.1) is 0 Å². The van der Waals surface area contributed by atoms with E-state index in [1.807, 2.05) is 0 Å². The molecule has 0 atom stereocenters. The molecule has 0 aromatic carbocycles. The molecule has 28 heavy (non-hydrogen) atoms. The summed E-state index contributed by atoms with van der Waals surface area (Å²) in [6.07, 6.45) is 10.3. The summed E-state index contributed by atoms with van der Waals surface area (Å²) < 4.78 is 10.4. The Morgan fingerprint density at radius 2 is 1.25 bits per heavy atom. The summed E-state index contributed by atoms with van der Waals surface area (Å²) >= 11 is 0. The Morgan fingerprint density at radius 1 is 0.786 bits per heavy atom. The second-order valence-corrected chi connectivity index (χ2v) is 7.42. The first-order valence-corrected chi connectivity index (χ1v) is 10.5. The van der Waals surface area contributed by atoms with E-state index in [2.05, 4.69) is 6.92 Å². The van der Waals surface area contributed by atoms with Crippen LogP contribution in [-0.4, -0.2) is 54.9 Å². The lowest BCUT2D eigenvalue weighted by Crippen LogP contribution is -2.41. The Morgan fingerprint density at radius 3 is 1.68 bits per heavy atom. The van der Waals surface area contributed by atoms with E-state index in [0.29, 0.717) is 19.3 Å². The average Bonchev–Trinajstić information content (AvgIpc) is 2.71. The van der Waals surface area contributed by atoms with Crippen molar-refractivity contribution in [1.29, 1.82) is 0 Å².